The second kappa shape index (κ2) is 35.3. The Hall–Kier alpha value is -5.02. The third-order valence-electron chi connectivity index (χ3n) is 13.4. The van der Waals surface area contributed by atoms with Crippen LogP contribution in [0.2, 0.25) is 0 Å². The van der Waals surface area contributed by atoms with Gasteiger partial charge in [-0.15, -0.1) is 0 Å². The summed E-state index contributed by atoms with van der Waals surface area (Å²) < 4.78 is 28.9. The number of amides is 4. The summed E-state index contributed by atoms with van der Waals surface area (Å²) in [5.41, 5.74) is 9.34. The maximum atomic E-state index is 14.2. The summed E-state index contributed by atoms with van der Waals surface area (Å²) in [6.07, 6.45) is 6.10. The fourth-order valence-corrected chi connectivity index (χ4v) is 9.20. The number of carboxylic acids is 1. The van der Waals surface area contributed by atoms with Crippen LogP contribution in [0.1, 0.15) is 91.7 Å². The zero-order valence-electron chi connectivity index (χ0n) is 46.3. The van der Waals surface area contributed by atoms with E-state index >= 15 is 0 Å². The molecule has 418 valence electrons. The van der Waals surface area contributed by atoms with Gasteiger partial charge in [0.05, 0.1) is 94.6 Å². The second-order valence-electron chi connectivity index (χ2n) is 19.6. The van der Waals surface area contributed by atoms with Crippen LogP contribution >= 0.6 is 0 Å². The molecule has 9 atom stereocenters. The van der Waals surface area contributed by atoms with E-state index in [0.717, 1.165) is 17.7 Å². The SMILES string of the molecule is C=C/C=C\C(=C)CC(NC(=O)C(C)C(OC)C1CCCN1C(=O)CC(OC)C(C(C)CC)N(C)C(=O)CNC(=O)C(C(C)C)N(C)CCOCCOCCOCCO/N=C(\C)c1ccc(CC(C)N)cc1)C(=O)O. The summed E-state index contributed by atoms with van der Waals surface area (Å²) in [5, 5.41) is 19.5. The van der Waals surface area contributed by atoms with Gasteiger partial charge in [-0.05, 0) is 63.1 Å². The number of likely N-dealkylation sites (N-methyl/N-ethyl adjacent to an activating group) is 2. The maximum Gasteiger partial charge on any atom is 0.326 e. The highest BCUT2D eigenvalue weighted by atomic mass is 16.6. The van der Waals surface area contributed by atoms with Crippen LogP contribution < -0.4 is 16.4 Å². The first-order valence-corrected chi connectivity index (χ1v) is 26.1. The molecule has 1 heterocycles. The Bertz CT molecular complexity index is 1950. The highest BCUT2D eigenvalue weighted by Gasteiger charge is 2.42. The van der Waals surface area contributed by atoms with Gasteiger partial charge >= 0.3 is 5.97 Å². The van der Waals surface area contributed by atoms with Crippen molar-refractivity contribution in [2.24, 2.45) is 28.6 Å². The molecule has 1 saturated heterocycles. The highest BCUT2D eigenvalue weighted by Crippen LogP contribution is 2.29. The molecule has 2 rings (SSSR count). The number of carbonyl (C=O) groups excluding carboxylic acids is 4. The van der Waals surface area contributed by atoms with Gasteiger partial charge in [0.15, 0.2) is 0 Å². The predicted octanol–water partition coefficient (Wildman–Crippen LogP) is 4.62. The molecule has 1 fully saturated rings. The van der Waals surface area contributed by atoms with Gasteiger partial charge in [0, 0.05) is 46.8 Å². The molecule has 0 aliphatic carbocycles. The standard InChI is InChI=1S/C55H91N7O12/c1-14-16-18-38(5)33-45(55(67)68)58-53(65)41(8)52(70-13)46-19-17-24-62(46)48(63)35-47(69-12)51(39(6)15-2)61(11)49(64)36-57-54(66)50(37(3)4)60(10)25-26-71-27-28-72-29-30-73-31-32-74-59-42(9)44-22-20-43(21-23-44)34-40(7)56/h14,16,18,20-23,37,39-41,45-47,50-52H,1,5,15,17,19,24-36,56H2,2-4,6-13H3,(H,57,66)(H,58,65)(H,67,68)/b18-16-,59-42+. The number of hydrogen-bond donors (Lipinski definition) is 4. The summed E-state index contributed by atoms with van der Waals surface area (Å²) in [6, 6.07) is 5.51. The average molecular weight is 1040 g/mol. The minimum absolute atomic E-state index is 0.00503. The number of carbonyl (C=O) groups is 5. The van der Waals surface area contributed by atoms with Gasteiger partial charge in [-0.1, -0.05) is 107 Å². The minimum atomic E-state index is -1.21. The molecule has 0 radical (unpaired) electrons. The van der Waals surface area contributed by atoms with E-state index in [1.54, 1.807) is 42.0 Å². The Kier molecular flexibility index (Phi) is 31.0. The Morgan fingerprint density at radius 2 is 1.54 bits per heavy atom. The van der Waals surface area contributed by atoms with Crippen LogP contribution in [-0.2, 0) is 58.9 Å². The number of carboxylic acid groups (broad SMARTS) is 1. The Balaban J connectivity index is 1.86. The topological polar surface area (TPSA) is 233 Å². The maximum absolute atomic E-state index is 14.2. The molecule has 1 aromatic rings. The van der Waals surface area contributed by atoms with Crippen LogP contribution in [0.5, 0.6) is 0 Å². The number of hydrogen-bond acceptors (Lipinski definition) is 14. The number of benzene rings is 1. The predicted molar refractivity (Wildman–Crippen MR) is 287 cm³/mol. The summed E-state index contributed by atoms with van der Waals surface area (Å²) in [5.74, 6) is -3.52. The minimum Gasteiger partial charge on any atom is -0.480 e. The number of methoxy groups -OCH3 is 2. The van der Waals surface area contributed by atoms with Crippen LogP contribution in [-0.4, -0.2) is 192 Å². The molecule has 1 aliphatic heterocycles. The van der Waals surface area contributed by atoms with Crippen molar-refractivity contribution >= 4 is 35.3 Å². The van der Waals surface area contributed by atoms with Gasteiger partial charge in [0.2, 0.25) is 23.6 Å². The monoisotopic (exact) mass is 1040 g/mol. The van der Waals surface area contributed by atoms with Crippen molar-refractivity contribution in [3.05, 3.63) is 72.4 Å². The first-order chi connectivity index (χ1) is 35.2. The van der Waals surface area contributed by atoms with Gasteiger partial charge in [-0.3, -0.25) is 24.1 Å². The lowest BCUT2D eigenvalue weighted by Crippen LogP contribution is -2.55. The number of likely N-dealkylation sites (tertiary alicyclic amines) is 1. The molecule has 74 heavy (non-hydrogen) atoms. The van der Waals surface area contributed by atoms with Crippen LogP contribution in [0.4, 0.5) is 0 Å². The van der Waals surface area contributed by atoms with Crippen molar-refractivity contribution in [1.82, 2.24) is 25.3 Å². The van der Waals surface area contributed by atoms with Crippen molar-refractivity contribution in [3.63, 3.8) is 0 Å². The van der Waals surface area contributed by atoms with Gasteiger partial charge in [-0.25, -0.2) is 4.79 Å². The van der Waals surface area contributed by atoms with E-state index in [0.29, 0.717) is 84.2 Å². The van der Waals surface area contributed by atoms with Crippen LogP contribution in [0, 0.1) is 17.8 Å². The molecule has 9 unspecified atom stereocenters. The molecule has 5 N–H and O–H groups in total. The first kappa shape index (κ1) is 65.1. The second-order valence-corrected chi connectivity index (χ2v) is 19.6. The van der Waals surface area contributed by atoms with E-state index in [1.165, 1.54) is 19.8 Å². The smallest absolute Gasteiger partial charge is 0.326 e. The van der Waals surface area contributed by atoms with Gasteiger partial charge in [0.25, 0.3) is 0 Å². The lowest BCUT2D eigenvalue weighted by molar-refractivity contribution is -0.147. The number of nitrogens with two attached hydrogens (primary N) is 1. The molecular weight excluding hydrogens is 951 g/mol. The number of nitrogens with zero attached hydrogens (tertiary/aromatic N) is 4. The Morgan fingerprint density at radius 1 is 0.919 bits per heavy atom. The van der Waals surface area contributed by atoms with E-state index in [2.05, 4.69) is 41.1 Å². The van der Waals surface area contributed by atoms with Crippen LogP contribution in [0.25, 0.3) is 0 Å². The van der Waals surface area contributed by atoms with E-state index in [9.17, 15) is 29.1 Å². The molecule has 0 aromatic heterocycles. The van der Waals surface area contributed by atoms with Crippen molar-refractivity contribution < 1.29 is 57.6 Å². The third kappa shape index (κ3) is 22.4. The lowest BCUT2D eigenvalue weighted by atomic mass is 9.90. The summed E-state index contributed by atoms with van der Waals surface area (Å²) in [7, 11) is 6.50. The number of oxime groups is 1. The normalized spacial score (nSPS) is 17.3. The number of ether oxygens (including phenoxy) is 5. The molecule has 4 amide bonds. The Labute approximate surface area is 441 Å². The zero-order valence-corrected chi connectivity index (χ0v) is 46.3. The van der Waals surface area contributed by atoms with Crippen molar-refractivity contribution in [2.45, 2.75) is 129 Å². The summed E-state index contributed by atoms with van der Waals surface area (Å²) >= 11 is 0. The number of nitrogens with one attached hydrogen (secondary N) is 2. The number of rotatable bonds is 38. The van der Waals surface area contributed by atoms with E-state index in [-0.39, 0.29) is 55.0 Å². The number of aliphatic carboxylic acids is 1. The zero-order chi connectivity index (χ0) is 55.3. The van der Waals surface area contributed by atoms with E-state index < -0.39 is 54.2 Å². The van der Waals surface area contributed by atoms with Gasteiger partial charge < -0.3 is 59.8 Å². The quantitative estimate of drug-likeness (QED) is 0.0307. The Morgan fingerprint density at radius 3 is 2.09 bits per heavy atom. The van der Waals surface area contributed by atoms with Gasteiger partial charge in [-0.2, -0.15) is 0 Å². The third-order valence-corrected chi connectivity index (χ3v) is 13.4. The molecule has 1 aliphatic rings. The van der Waals surface area contributed by atoms with Crippen molar-refractivity contribution in [2.75, 3.05) is 94.2 Å². The highest BCUT2D eigenvalue weighted by molar-refractivity contribution is 5.98. The lowest BCUT2D eigenvalue weighted by Gasteiger charge is -2.39. The average Bonchev–Trinajstić information content (AvgIpc) is 3.85. The van der Waals surface area contributed by atoms with Crippen LogP contribution in [0.15, 0.2) is 66.4 Å². The molecule has 1 aromatic carbocycles. The van der Waals surface area contributed by atoms with E-state index in [1.807, 2.05) is 65.6 Å². The van der Waals surface area contributed by atoms with Crippen LogP contribution in [0.3, 0.4) is 0 Å². The van der Waals surface area contributed by atoms with Gasteiger partial charge in [0.1, 0.15) is 12.6 Å². The molecule has 0 spiro atoms. The number of allylic oxidation sites excluding steroid dienone is 3. The molecule has 0 bridgehead atoms. The summed E-state index contributed by atoms with van der Waals surface area (Å²) in [6.45, 7) is 24.2. The summed E-state index contributed by atoms with van der Waals surface area (Å²) in [4.78, 5) is 77.9. The fourth-order valence-electron chi connectivity index (χ4n) is 9.20. The van der Waals surface area contributed by atoms with Crippen molar-refractivity contribution in [1.29, 1.82) is 0 Å². The first-order valence-electron chi connectivity index (χ1n) is 26.1. The van der Waals surface area contributed by atoms with Crippen molar-refractivity contribution in [3.8, 4) is 0 Å². The molecular formula is C55H91N7O12. The fraction of sp³-hybridized carbons (Fsp3) is 0.673. The molecule has 19 heteroatoms. The van der Waals surface area contributed by atoms with E-state index in [4.69, 9.17) is 34.3 Å². The molecule has 19 nitrogen and oxygen atoms in total. The largest absolute Gasteiger partial charge is 0.480 e. The molecule has 0 saturated carbocycles.